The van der Waals surface area contributed by atoms with Crippen molar-refractivity contribution < 1.29 is 22.7 Å². The number of hydrogen-bond acceptors (Lipinski definition) is 5. The number of rotatable bonds is 9. The number of nitrogens with one attached hydrogen (secondary N) is 1. The molecule has 0 spiro atoms. The van der Waals surface area contributed by atoms with E-state index in [9.17, 15) is 13.2 Å². The minimum atomic E-state index is -4.13. The molecule has 0 unspecified atom stereocenters. The number of methoxy groups -OCH3 is 2. The van der Waals surface area contributed by atoms with Crippen molar-refractivity contribution in [2.45, 2.75) is 11.4 Å². The van der Waals surface area contributed by atoms with Gasteiger partial charge in [0, 0.05) is 23.3 Å². The summed E-state index contributed by atoms with van der Waals surface area (Å²) >= 11 is 5.97. The lowest BCUT2D eigenvalue weighted by atomic mass is 10.2. The third kappa shape index (κ3) is 5.79. The fourth-order valence-electron chi connectivity index (χ4n) is 3.06. The Morgan fingerprint density at radius 3 is 2.38 bits per heavy atom. The molecule has 0 aliphatic heterocycles. The molecule has 3 rings (SSSR count). The number of nitrogens with zero attached hydrogens (tertiary/aromatic N) is 1. The van der Waals surface area contributed by atoms with Crippen molar-refractivity contribution >= 4 is 33.2 Å². The molecule has 7 nitrogen and oxygen atoms in total. The van der Waals surface area contributed by atoms with Gasteiger partial charge in [0.25, 0.3) is 0 Å². The molecule has 0 bridgehead atoms. The summed E-state index contributed by atoms with van der Waals surface area (Å²) in [5.74, 6) is 0.000150. The quantitative estimate of drug-likeness (QED) is 0.502. The molecule has 9 heteroatoms. The predicted octanol–water partition coefficient (Wildman–Crippen LogP) is 4.19. The molecule has 168 valence electrons. The topological polar surface area (TPSA) is 84.9 Å². The second-order valence-electron chi connectivity index (χ2n) is 6.83. The van der Waals surface area contributed by atoms with E-state index in [1.807, 2.05) is 6.07 Å². The van der Waals surface area contributed by atoms with Gasteiger partial charge < -0.3 is 14.8 Å². The molecule has 0 radical (unpaired) electrons. The molecule has 0 atom stereocenters. The zero-order chi connectivity index (χ0) is 23.1. The maximum atomic E-state index is 13.6. The fourth-order valence-corrected chi connectivity index (χ4v) is 4.81. The van der Waals surface area contributed by atoms with Crippen molar-refractivity contribution in [3.8, 4) is 11.5 Å². The average Bonchev–Trinajstić information content (AvgIpc) is 2.78. The van der Waals surface area contributed by atoms with Crippen LogP contribution < -0.4 is 14.8 Å². The van der Waals surface area contributed by atoms with Gasteiger partial charge in [-0.3, -0.25) is 4.79 Å². The van der Waals surface area contributed by atoms with Gasteiger partial charge in [-0.1, -0.05) is 48.0 Å². The molecular weight excluding hydrogens is 452 g/mol. The first-order valence-electron chi connectivity index (χ1n) is 9.65. The Labute approximate surface area is 192 Å². The average molecular weight is 475 g/mol. The van der Waals surface area contributed by atoms with Crippen LogP contribution in [-0.4, -0.2) is 39.4 Å². The molecule has 0 saturated carbocycles. The number of sulfonamides is 1. The summed E-state index contributed by atoms with van der Waals surface area (Å²) in [7, 11) is -1.30. The highest BCUT2D eigenvalue weighted by atomic mass is 35.5. The van der Waals surface area contributed by atoms with Crippen LogP contribution in [0.15, 0.2) is 77.7 Å². The number of ether oxygens (including phenoxy) is 2. The molecule has 1 amide bonds. The summed E-state index contributed by atoms with van der Waals surface area (Å²) in [4.78, 5) is 12.7. The van der Waals surface area contributed by atoms with E-state index in [1.54, 1.807) is 54.6 Å². The summed E-state index contributed by atoms with van der Waals surface area (Å²) in [5.41, 5.74) is 1.20. The molecule has 0 aliphatic carbocycles. The molecule has 0 fully saturated rings. The Hall–Kier alpha value is -3.07. The van der Waals surface area contributed by atoms with E-state index in [0.29, 0.717) is 16.5 Å². The van der Waals surface area contributed by atoms with Crippen LogP contribution in [0.3, 0.4) is 0 Å². The van der Waals surface area contributed by atoms with Crippen LogP contribution in [-0.2, 0) is 21.4 Å². The second kappa shape index (κ2) is 10.5. The standard InChI is InChI=1S/C23H23ClN2O5S/c1-30-20-11-12-21(31-2)22(14-20)32(28,29)26(15-17-7-4-3-5-8-17)16-23(27)25-19-10-6-9-18(24)13-19/h3-14H,15-16H2,1-2H3,(H,25,27). The third-order valence-corrected chi connectivity index (χ3v) is 6.67. The van der Waals surface area contributed by atoms with Crippen molar-refractivity contribution in [3.05, 3.63) is 83.4 Å². The molecule has 0 aromatic heterocycles. The van der Waals surface area contributed by atoms with Gasteiger partial charge in [0.05, 0.1) is 20.8 Å². The highest BCUT2D eigenvalue weighted by molar-refractivity contribution is 7.89. The van der Waals surface area contributed by atoms with E-state index in [-0.39, 0.29) is 17.2 Å². The maximum absolute atomic E-state index is 13.6. The Bertz CT molecular complexity index is 1190. The van der Waals surface area contributed by atoms with Gasteiger partial charge in [0.1, 0.15) is 16.4 Å². The molecule has 0 saturated heterocycles. The van der Waals surface area contributed by atoms with E-state index in [4.69, 9.17) is 21.1 Å². The van der Waals surface area contributed by atoms with E-state index in [0.717, 1.165) is 9.87 Å². The number of amides is 1. The Morgan fingerprint density at radius 2 is 1.72 bits per heavy atom. The first-order chi connectivity index (χ1) is 15.3. The molecule has 0 heterocycles. The summed E-state index contributed by atoms with van der Waals surface area (Å²) in [6.45, 7) is -0.420. The van der Waals surface area contributed by atoms with Crippen molar-refractivity contribution in [2.24, 2.45) is 0 Å². The Kier molecular flexibility index (Phi) is 7.74. The number of anilines is 1. The third-order valence-electron chi connectivity index (χ3n) is 4.62. The zero-order valence-electron chi connectivity index (χ0n) is 17.6. The van der Waals surface area contributed by atoms with Crippen LogP contribution in [0.5, 0.6) is 11.5 Å². The minimum Gasteiger partial charge on any atom is -0.497 e. The Balaban J connectivity index is 1.95. The summed E-state index contributed by atoms with van der Waals surface area (Å²) in [5, 5.41) is 3.14. The van der Waals surface area contributed by atoms with Gasteiger partial charge in [0.15, 0.2) is 0 Å². The molecular formula is C23H23ClN2O5S. The maximum Gasteiger partial charge on any atom is 0.247 e. The van der Waals surface area contributed by atoms with Gasteiger partial charge in [-0.25, -0.2) is 8.42 Å². The summed E-state index contributed by atoms with van der Waals surface area (Å²) in [6, 6.07) is 20.1. The van der Waals surface area contributed by atoms with E-state index in [2.05, 4.69) is 5.32 Å². The van der Waals surface area contributed by atoms with Crippen LogP contribution in [0.2, 0.25) is 5.02 Å². The fraction of sp³-hybridized carbons (Fsp3) is 0.174. The number of halogens is 1. The highest BCUT2D eigenvalue weighted by Crippen LogP contribution is 2.31. The van der Waals surface area contributed by atoms with Crippen LogP contribution in [0.4, 0.5) is 5.69 Å². The zero-order valence-corrected chi connectivity index (χ0v) is 19.2. The molecule has 3 aromatic carbocycles. The van der Waals surface area contributed by atoms with E-state index in [1.165, 1.54) is 26.4 Å². The summed E-state index contributed by atoms with van der Waals surface area (Å²) < 4.78 is 38.8. The van der Waals surface area contributed by atoms with Gasteiger partial charge in [-0.15, -0.1) is 0 Å². The molecule has 32 heavy (non-hydrogen) atoms. The lowest BCUT2D eigenvalue weighted by Crippen LogP contribution is -2.37. The predicted molar refractivity (Wildman–Crippen MR) is 124 cm³/mol. The number of carbonyl (C=O) groups excluding carboxylic acids is 1. The van der Waals surface area contributed by atoms with E-state index >= 15 is 0 Å². The number of hydrogen-bond donors (Lipinski definition) is 1. The van der Waals surface area contributed by atoms with Gasteiger partial charge in [0.2, 0.25) is 15.9 Å². The highest BCUT2D eigenvalue weighted by Gasteiger charge is 2.30. The minimum absolute atomic E-state index is 0.00744. The molecule has 1 N–H and O–H groups in total. The van der Waals surface area contributed by atoms with Crippen LogP contribution >= 0.6 is 11.6 Å². The lowest BCUT2D eigenvalue weighted by molar-refractivity contribution is -0.116. The van der Waals surface area contributed by atoms with Crippen LogP contribution in [0, 0.1) is 0 Å². The van der Waals surface area contributed by atoms with Crippen LogP contribution in [0.25, 0.3) is 0 Å². The second-order valence-corrected chi connectivity index (χ2v) is 9.18. The lowest BCUT2D eigenvalue weighted by Gasteiger charge is -2.23. The van der Waals surface area contributed by atoms with Crippen molar-refractivity contribution in [3.63, 3.8) is 0 Å². The normalized spacial score (nSPS) is 11.2. The van der Waals surface area contributed by atoms with E-state index < -0.39 is 22.5 Å². The smallest absolute Gasteiger partial charge is 0.247 e. The molecule has 0 aliphatic rings. The Morgan fingerprint density at radius 1 is 0.969 bits per heavy atom. The first-order valence-corrected chi connectivity index (χ1v) is 11.5. The van der Waals surface area contributed by atoms with Gasteiger partial charge in [-0.2, -0.15) is 4.31 Å². The van der Waals surface area contributed by atoms with Crippen molar-refractivity contribution in [1.82, 2.24) is 4.31 Å². The van der Waals surface area contributed by atoms with Gasteiger partial charge in [-0.05, 0) is 35.9 Å². The SMILES string of the molecule is COc1ccc(OC)c(S(=O)(=O)N(CC(=O)Nc2cccc(Cl)c2)Cc2ccccc2)c1. The van der Waals surface area contributed by atoms with Gasteiger partial charge >= 0.3 is 0 Å². The first kappa shape index (κ1) is 23.6. The number of carbonyl (C=O) groups is 1. The van der Waals surface area contributed by atoms with Crippen LogP contribution in [0.1, 0.15) is 5.56 Å². The molecule has 3 aromatic rings. The van der Waals surface area contributed by atoms with Crippen molar-refractivity contribution in [1.29, 1.82) is 0 Å². The number of benzene rings is 3. The monoisotopic (exact) mass is 474 g/mol. The van der Waals surface area contributed by atoms with Crippen molar-refractivity contribution in [2.75, 3.05) is 26.1 Å². The largest absolute Gasteiger partial charge is 0.497 e. The summed E-state index contributed by atoms with van der Waals surface area (Å²) in [6.07, 6.45) is 0.